The molecule has 0 unspecified atom stereocenters. The van der Waals surface area contributed by atoms with Crippen LogP contribution in [-0.4, -0.2) is 0 Å². The Balaban J connectivity index is 0.00000127. The van der Waals surface area contributed by atoms with Gasteiger partial charge in [-0.2, -0.15) is 0 Å². The number of benzene rings is 1. The number of hydrogen-bond donors (Lipinski definition) is 0. The van der Waals surface area contributed by atoms with Crippen molar-refractivity contribution in [2.75, 3.05) is 0 Å². The first-order valence-corrected chi connectivity index (χ1v) is 7.56. The molecule has 0 saturated carbocycles. The van der Waals surface area contributed by atoms with E-state index < -0.39 is 0 Å². The van der Waals surface area contributed by atoms with E-state index in [4.69, 9.17) is 6.57 Å². The molecule has 114 valence electrons. The lowest BCUT2D eigenvalue weighted by atomic mass is 9.99. The van der Waals surface area contributed by atoms with E-state index in [2.05, 4.69) is 4.85 Å². The molecular weight excluding hydrogens is 280 g/mol. The molecule has 1 aromatic carbocycles. The summed E-state index contributed by atoms with van der Waals surface area (Å²) < 4.78 is 0. The van der Waals surface area contributed by atoms with Gasteiger partial charge in [-0.1, -0.05) is 86.2 Å². The highest BCUT2D eigenvalue weighted by Crippen LogP contribution is 2.24. The third-order valence-electron chi connectivity index (χ3n) is 3.06. The normalized spacial score (nSPS) is 13.0. The summed E-state index contributed by atoms with van der Waals surface area (Å²) in [5, 5.41) is 9.20. The van der Waals surface area contributed by atoms with Crippen LogP contribution in [0.3, 0.4) is 0 Å². The van der Waals surface area contributed by atoms with Crippen LogP contribution in [0.1, 0.15) is 25.0 Å². The van der Waals surface area contributed by atoms with Gasteiger partial charge in [0.2, 0.25) is 0 Å². The molecule has 0 saturated heterocycles. The highest BCUT2D eigenvalue weighted by Gasteiger charge is 2.07. The maximum absolute atomic E-state index is 9.20. The molecule has 2 rings (SSSR count). The number of hydrogen-bond acceptors (Lipinski definition) is 1. The fourth-order valence-electron chi connectivity index (χ4n) is 1.95. The van der Waals surface area contributed by atoms with Crippen LogP contribution in [0.2, 0.25) is 0 Å². The van der Waals surface area contributed by atoms with Crippen molar-refractivity contribution < 1.29 is 0 Å². The summed E-state index contributed by atoms with van der Waals surface area (Å²) in [4.78, 5) is 3.35. The van der Waals surface area contributed by atoms with E-state index in [1.165, 1.54) is 0 Å². The summed E-state index contributed by atoms with van der Waals surface area (Å²) >= 11 is 0. The van der Waals surface area contributed by atoms with Crippen molar-refractivity contribution in [2.24, 2.45) is 0 Å². The summed E-state index contributed by atoms with van der Waals surface area (Å²) in [6.07, 6.45) is 13.5. The largest absolute Gasteiger partial charge is 0.269 e. The molecule has 0 N–H and O–H groups in total. The first-order valence-electron chi connectivity index (χ1n) is 7.56. The SMILES string of the molecule is CC.[C-]#[N+]/C(C#N)=C(/C=C1C=CC=CC=C1)c1ccc(C)cc1. The summed E-state index contributed by atoms with van der Waals surface area (Å²) in [5.74, 6) is 0. The first-order chi connectivity index (χ1) is 11.2. The van der Waals surface area contributed by atoms with E-state index in [0.29, 0.717) is 5.57 Å². The van der Waals surface area contributed by atoms with E-state index in [1.54, 1.807) is 0 Å². The molecule has 2 nitrogen and oxygen atoms in total. The molecule has 0 aliphatic heterocycles. The van der Waals surface area contributed by atoms with Crippen molar-refractivity contribution >= 4 is 5.57 Å². The molecule has 1 aromatic rings. The molecular formula is C21H20N2. The van der Waals surface area contributed by atoms with Gasteiger partial charge in [0.1, 0.15) is 0 Å². The lowest BCUT2D eigenvalue weighted by molar-refractivity contribution is 1.44. The Hall–Kier alpha value is -3.10. The third kappa shape index (κ3) is 5.30. The van der Waals surface area contributed by atoms with Crippen LogP contribution in [0.15, 0.2) is 78.1 Å². The molecule has 0 aromatic heterocycles. The number of nitriles is 1. The van der Waals surface area contributed by atoms with Crippen molar-refractivity contribution in [3.63, 3.8) is 0 Å². The molecule has 23 heavy (non-hydrogen) atoms. The van der Waals surface area contributed by atoms with Gasteiger partial charge in [-0.15, -0.1) is 0 Å². The van der Waals surface area contributed by atoms with Crippen LogP contribution in [-0.2, 0) is 0 Å². The highest BCUT2D eigenvalue weighted by atomic mass is 14.7. The predicted octanol–water partition coefficient (Wildman–Crippen LogP) is 5.78. The second-order valence-electron chi connectivity index (χ2n) is 4.60. The van der Waals surface area contributed by atoms with Gasteiger partial charge in [0.15, 0.2) is 0 Å². The third-order valence-corrected chi connectivity index (χ3v) is 3.06. The lowest BCUT2D eigenvalue weighted by Crippen LogP contribution is -1.87. The van der Waals surface area contributed by atoms with Gasteiger partial charge in [0, 0.05) is 0 Å². The summed E-state index contributed by atoms with van der Waals surface area (Å²) in [6.45, 7) is 13.2. The Morgan fingerprint density at radius 1 is 1.04 bits per heavy atom. The maximum atomic E-state index is 9.20. The van der Waals surface area contributed by atoms with Crippen molar-refractivity contribution in [3.8, 4) is 6.07 Å². The van der Waals surface area contributed by atoms with Gasteiger partial charge in [-0.3, -0.25) is 0 Å². The summed E-state index contributed by atoms with van der Waals surface area (Å²) in [6, 6.07) is 9.82. The minimum Gasteiger partial charge on any atom is -0.226 e. The van der Waals surface area contributed by atoms with Crippen LogP contribution in [0.4, 0.5) is 0 Å². The molecule has 0 bridgehead atoms. The number of rotatable bonds is 2. The minimum atomic E-state index is 0.102. The average Bonchev–Trinajstić information content (AvgIpc) is 2.86. The molecule has 0 heterocycles. The Morgan fingerprint density at radius 3 is 2.09 bits per heavy atom. The Kier molecular flexibility index (Phi) is 7.62. The van der Waals surface area contributed by atoms with Gasteiger partial charge < -0.3 is 0 Å². The van der Waals surface area contributed by atoms with Gasteiger partial charge >= 0.3 is 0 Å². The molecule has 1 aliphatic carbocycles. The monoisotopic (exact) mass is 300 g/mol. The molecule has 0 amide bonds. The number of nitrogens with zero attached hydrogens (tertiary/aromatic N) is 2. The van der Waals surface area contributed by atoms with Crippen molar-refractivity contribution in [2.45, 2.75) is 20.8 Å². The molecule has 0 atom stereocenters. The molecule has 0 spiro atoms. The smallest absolute Gasteiger partial charge is 0.226 e. The standard InChI is InChI=1S/C19H14N2.C2H6/c1-15-9-11-17(12-10-15)18(19(14-20)21-2)13-16-7-5-3-4-6-8-16;1-2/h3-13H,1H3;1-2H3/b19-18-;. The van der Waals surface area contributed by atoms with Gasteiger partial charge in [0.25, 0.3) is 5.70 Å². The minimum absolute atomic E-state index is 0.102. The Morgan fingerprint density at radius 2 is 1.61 bits per heavy atom. The number of aryl methyl sites for hydroxylation is 1. The molecule has 0 fully saturated rings. The van der Waals surface area contributed by atoms with Gasteiger partial charge in [-0.05, 0) is 23.6 Å². The van der Waals surface area contributed by atoms with Gasteiger partial charge in [0.05, 0.1) is 12.6 Å². The van der Waals surface area contributed by atoms with Crippen LogP contribution in [0.25, 0.3) is 10.4 Å². The average molecular weight is 300 g/mol. The van der Waals surface area contributed by atoms with E-state index in [0.717, 1.165) is 16.7 Å². The van der Waals surface area contributed by atoms with Crippen molar-refractivity contribution in [1.29, 1.82) is 5.26 Å². The topological polar surface area (TPSA) is 28.1 Å². The van der Waals surface area contributed by atoms with E-state index >= 15 is 0 Å². The molecule has 2 heteroatoms. The van der Waals surface area contributed by atoms with Crippen LogP contribution < -0.4 is 0 Å². The highest BCUT2D eigenvalue weighted by molar-refractivity contribution is 5.82. The summed E-state index contributed by atoms with van der Waals surface area (Å²) in [7, 11) is 0. The quantitative estimate of drug-likeness (QED) is 0.502. The fourth-order valence-corrected chi connectivity index (χ4v) is 1.95. The zero-order chi connectivity index (χ0) is 17.1. The van der Waals surface area contributed by atoms with Crippen LogP contribution in [0, 0.1) is 24.8 Å². The maximum Gasteiger partial charge on any atom is 0.269 e. The Labute approximate surface area is 138 Å². The Bertz CT molecular complexity index is 722. The van der Waals surface area contributed by atoms with Gasteiger partial charge in [-0.25, -0.2) is 10.1 Å². The molecule has 1 aliphatic rings. The predicted molar refractivity (Wildman–Crippen MR) is 97.2 cm³/mol. The second-order valence-corrected chi connectivity index (χ2v) is 4.60. The van der Waals surface area contributed by atoms with E-state index in [9.17, 15) is 5.26 Å². The second kappa shape index (κ2) is 9.77. The zero-order valence-electron chi connectivity index (χ0n) is 13.7. The zero-order valence-corrected chi connectivity index (χ0v) is 13.7. The van der Waals surface area contributed by atoms with E-state index in [1.807, 2.05) is 93.6 Å². The first kappa shape index (κ1) is 18.0. The number of allylic oxidation sites excluding steroid dienone is 10. The van der Waals surface area contributed by atoms with Crippen LogP contribution >= 0.6 is 0 Å². The molecule has 0 radical (unpaired) electrons. The van der Waals surface area contributed by atoms with Crippen molar-refractivity contribution in [1.82, 2.24) is 0 Å². The lowest BCUT2D eigenvalue weighted by Gasteiger charge is -2.05. The fraction of sp³-hybridized carbons (Fsp3) is 0.143. The van der Waals surface area contributed by atoms with Crippen molar-refractivity contribution in [3.05, 3.63) is 101 Å². The summed E-state index contributed by atoms with van der Waals surface area (Å²) in [5.41, 5.74) is 3.72. The van der Waals surface area contributed by atoms with E-state index in [-0.39, 0.29) is 5.70 Å². The van der Waals surface area contributed by atoms with Crippen LogP contribution in [0.5, 0.6) is 0 Å².